The van der Waals surface area contributed by atoms with Crippen LogP contribution < -0.4 is 15.6 Å². The second-order valence-corrected chi connectivity index (χ2v) is 4.99. The average Bonchev–Trinajstić information content (AvgIpc) is 2.62. The Labute approximate surface area is 134 Å². The number of methoxy groups -OCH3 is 1. The smallest absolute Gasteiger partial charge is 0.297 e. The molecular formula is C18H17N3O2. The summed E-state index contributed by atoms with van der Waals surface area (Å²) >= 11 is 0. The zero-order valence-electron chi connectivity index (χ0n) is 12.8. The zero-order chi connectivity index (χ0) is 16.1. The first-order valence-corrected chi connectivity index (χ1v) is 7.28. The molecule has 116 valence electrons. The molecule has 2 aromatic carbocycles. The Hall–Kier alpha value is -3.08. The van der Waals surface area contributed by atoms with Crippen LogP contribution in [0.15, 0.2) is 71.8 Å². The summed E-state index contributed by atoms with van der Waals surface area (Å²) in [5.74, 6) is 1.02. The van der Waals surface area contributed by atoms with E-state index in [1.165, 1.54) is 0 Å². The summed E-state index contributed by atoms with van der Waals surface area (Å²) in [5, 5.41) is 3.09. The lowest BCUT2D eigenvalue weighted by Crippen LogP contribution is -2.23. The van der Waals surface area contributed by atoms with Crippen molar-refractivity contribution in [1.29, 1.82) is 0 Å². The van der Waals surface area contributed by atoms with Crippen LogP contribution in [-0.4, -0.2) is 16.7 Å². The van der Waals surface area contributed by atoms with Crippen LogP contribution in [0.4, 0.5) is 5.82 Å². The van der Waals surface area contributed by atoms with E-state index in [1.54, 1.807) is 24.1 Å². The van der Waals surface area contributed by atoms with Crippen molar-refractivity contribution in [1.82, 2.24) is 9.55 Å². The van der Waals surface area contributed by atoms with Gasteiger partial charge in [-0.25, -0.2) is 4.98 Å². The molecule has 0 aliphatic heterocycles. The van der Waals surface area contributed by atoms with Crippen molar-refractivity contribution in [3.63, 3.8) is 0 Å². The van der Waals surface area contributed by atoms with Gasteiger partial charge in [-0.1, -0.05) is 36.4 Å². The van der Waals surface area contributed by atoms with E-state index in [0.717, 1.165) is 11.3 Å². The van der Waals surface area contributed by atoms with Crippen LogP contribution in [0.25, 0.3) is 5.69 Å². The molecule has 3 aromatic rings. The number of benzene rings is 2. The van der Waals surface area contributed by atoms with E-state index in [2.05, 4.69) is 10.3 Å². The van der Waals surface area contributed by atoms with Crippen LogP contribution in [0.5, 0.6) is 5.75 Å². The van der Waals surface area contributed by atoms with E-state index in [9.17, 15) is 4.79 Å². The largest absolute Gasteiger partial charge is 0.497 e. The van der Waals surface area contributed by atoms with Gasteiger partial charge in [0.15, 0.2) is 5.82 Å². The topological polar surface area (TPSA) is 56.1 Å². The van der Waals surface area contributed by atoms with Crippen LogP contribution in [0.1, 0.15) is 5.56 Å². The molecule has 0 saturated heterocycles. The molecule has 0 saturated carbocycles. The predicted molar refractivity (Wildman–Crippen MR) is 90.2 cm³/mol. The second kappa shape index (κ2) is 6.79. The van der Waals surface area contributed by atoms with Gasteiger partial charge in [-0.15, -0.1) is 0 Å². The molecule has 5 heteroatoms. The summed E-state index contributed by atoms with van der Waals surface area (Å²) in [4.78, 5) is 16.7. The van der Waals surface area contributed by atoms with Gasteiger partial charge >= 0.3 is 0 Å². The molecule has 3 rings (SSSR count). The molecule has 23 heavy (non-hydrogen) atoms. The average molecular weight is 307 g/mol. The van der Waals surface area contributed by atoms with Crippen LogP contribution in [0.3, 0.4) is 0 Å². The van der Waals surface area contributed by atoms with Crippen molar-refractivity contribution in [3.05, 3.63) is 82.9 Å². The second-order valence-electron chi connectivity index (χ2n) is 4.99. The Kier molecular flexibility index (Phi) is 4.38. The first-order chi connectivity index (χ1) is 11.3. The highest BCUT2D eigenvalue weighted by atomic mass is 16.5. The first kappa shape index (κ1) is 14.8. The maximum atomic E-state index is 12.6. The van der Waals surface area contributed by atoms with Gasteiger partial charge in [0.05, 0.1) is 12.8 Å². The van der Waals surface area contributed by atoms with Crippen LogP contribution >= 0.6 is 0 Å². The third-order valence-corrected chi connectivity index (χ3v) is 3.48. The highest BCUT2D eigenvalue weighted by Crippen LogP contribution is 2.15. The number of anilines is 1. The third-order valence-electron chi connectivity index (χ3n) is 3.48. The minimum absolute atomic E-state index is 0.198. The number of rotatable bonds is 5. The molecule has 0 amide bonds. The molecule has 5 nitrogen and oxygen atoms in total. The van der Waals surface area contributed by atoms with Gasteiger partial charge in [-0.3, -0.25) is 9.36 Å². The standard InChI is InChI=1S/C18H17N3O2/c1-23-16-9-5-8-15(12-16)21-11-10-19-17(18(21)22)20-13-14-6-3-2-4-7-14/h2-12H,13H2,1H3,(H,19,20). The molecule has 0 spiro atoms. The van der Waals surface area contributed by atoms with Gasteiger partial charge in [-0.05, 0) is 17.7 Å². The monoisotopic (exact) mass is 307 g/mol. The molecule has 0 bridgehead atoms. The van der Waals surface area contributed by atoms with Gasteiger partial charge in [0.25, 0.3) is 5.56 Å². The quantitative estimate of drug-likeness (QED) is 0.787. The van der Waals surface area contributed by atoms with Crippen molar-refractivity contribution in [3.8, 4) is 11.4 Å². The summed E-state index contributed by atoms with van der Waals surface area (Å²) in [6, 6.07) is 17.2. The summed E-state index contributed by atoms with van der Waals surface area (Å²) in [6.07, 6.45) is 3.25. The van der Waals surface area contributed by atoms with Crippen LogP contribution in [0, 0.1) is 0 Å². The fourth-order valence-corrected chi connectivity index (χ4v) is 2.28. The van der Waals surface area contributed by atoms with E-state index >= 15 is 0 Å². The van der Waals surface area contributed by atoms with E-state index in [4.69, 9.17) is 4.74 Å². The fourth-order valence-electron chi connectivity index (χ4n) is 2.28. The Balaban J connectivity index is 1.87. The molecular weight excluding hydrogens is 290 g/mol. The van der Waals surface area contributed by atoms with Crippen molar-refractivity contribution < 1.29 is 4.74 Å². The molecule has 0 atom stereocenters. The summed E-state index contributed by atoms with van der Waals surface area (Å²) in [6.45, 7) is 0.547. The summed E-state index contributed by atoms with van der Waals surface area (Å²) in [7, 11) is 1.60. The van der Waals surface area contributed by atoms with E-state index in [0.29, 0.717) is 18.1 Å². The minimum atomic E-state index is -0.198. The highest BCUT2D eigenvalue weighted by Gasteiger charge is 2.07. The number of hydrogen-bond donors (Lipinski definition) is 1. The summed E-state index contributed by atoms with van der Waals surface area (Å²) < 4.78 is 6.75. The predicted octanol–water partition coefficient (Wildman–Crippen LogP) is 2.85. The normalized spacial score (nSPS) is 10.3. The Bertz CT molecular complexity index is 844. The van der Waals surface area contributed by atoms with Crippen molar-refractivity contribution in [2.75, 3.05) is 12.4 Å². The van der Waals surface area contributed by atoms with Crippen molar-refractivity contribution in [2.45, 2.75) is 6.54 Å². The Morgan fingerprint density at radius 2 is 1.96 bits per heavy atom. The van der Waals surface area contributed by atoms with Gasteiger partial charge in [0, 0.05) is 25.0 Å². The Morgan fingerprint density at radius 3 is 2.74 bits per heavy atom. The lowest BCUT2D eigenvalue weighted by atomic mass is 10.2. The molecule has 1 N–H and O–H groups in total. The number of ether oxygens (including phenoxy) is 1. The lowest BCUT2D eigenvalue weighted by molar-refractivity contribution is 0.414. The van der Waals surface area contributed by atoms with E-state index in [-0.39, 0.29) is 5.56 Å². The molecule has 0 radical (unpaired) electrons. The Morgan fingerprint density at radius 1 is 1.13 bits per heavy atom. The zero-order valence-corrected chi connectivity index (χ0v) is 12.8. The fraction of sp³-hybridized carbons (Fsp3) is 0.111. The van der Waals surface area contributed by atoms with Gasteiger partial charge in [-0.2, -0.15) is 0 Å². The van der Waals surface area contributed by atoms with Crippen molar-refractivity contribution in [2.24, 2.45) is 0 Å². The number of hydrogen-bond acceptors (Lipinski definition) is 4. The number of aromatic nitrogens is 2. The lowest BCUT2D eigenvalue weighted by Gasteiger charge is -2.10. The van der Waals surface area contributed by atoms with E-state index < -0.39 is 0 Å². The molecule has 0 unspecified atom stereocenters. The van der Waals surface area contributed by atoms with Crippen molar-refractivity contribution >= 4 is 5.82 Å². The van der Waals surface area contributed by atoms with Crippen LogP contribution in [0.2, 0.25) is 0 Å². The molecule has 0 aliphatic carbocycles. The molecule has 1 heterocycles. The number of nitrogens with one attached hydrogen (secondary N) is 1. The highest BCUT2D eigenvalue weighted by molar-refractivity contribution is 5.42. The summed E-state index contributed by atoms with van der Waals surface area (Å²) in [5.41, 5.74) is 1.63. The minimum Gasteiger partial charge on any atom is -0.497 e. The molecule has 1 aromatic heterocycles. The van der Waals surface area contributed by atoms with Gasteiger partial charge in [0.2, 0.25) is 0 Å². The molecule has 0 fully saturated rings. The maximum absolute atomic E-state index is 12.6. The maximum Gasteiger partial charge on any atom is 0.297 e. The third kappa shape index (κ3) is 3.40. The first-order valence-electron chi connectivity index (χ1n) is 7.28. The van der Waals surface area contributed by atoms with Crippen LogP contribution in [-0.2, 0) is 6.54 Å². The SMILES string of the molecule is COc1cccc(-n2ccnc(NCc3ccccc3)c2=O)c1. The van der Waals surface area contributed by atoms with E-state index in [1.807, 2.05) is 54.6 Å². The van der Waals surface area contributed by atoms with Gasteiger partial charge < -0.3 is 10.1 Å². The van der Waals surface area contributed by atoms with Gasteiger partial charge in [0.1, 0.15) is 5.75 Å². The molecule has 0 aliphatic rings. The number of nitrogens with zero attached hydrogens (tertiary/aromatic N) is 2.